The van der Waals surface area contributed by atoms with Gasteiger partial charge in [0.1, 0.15) is 34.2 Å². The summed E-state index contributed by atoms with van der Waals surface area (Å²) in [5, 5.41) is 6.59. The average molecular weight is 1540 g/mol. The SMILES string of the molecule is COc1ccc(CCn2c3c(c4cc(C)cnc42)C2CCCCN2CC3)cc1.Cc1cnc2c(c1)c1c(n2CCc2ccc(C(F)(F)F)cc2)CCN2CCCCC12.Clc1cnc2c(c1)c1c(n2CCc2ccccc2)CCN2CCCCC12.Fc1ccc(CCn2c3c(c4cc(Cl)cnc42)C2CCCCN2CC3)cc1. The number of hydrogen-bond acceptors (Lipinski definition) is 9. The van der Waals surface area contributed by atoms with Gasteiger partial charge in [0.2, 0.25) is 0 Å². The summed E-state index contributed by atoms with van der Waals surface area (Å²) in [6.45, 7) is 17.2. The van der Waals surface area contributed by atoms with E-state index in [1.165, 1.54) is 224 Å². The zero-order chi connectivity index (χ0) is 75.9. The molecule has 4 saturated heterocycles. The van der Waals surface area contributed by atoms with Crippen LogP contribution in [0.2, 0.25) is 10.0 Å². The number of fused-ring (bicyclic) bond motifs is 20. The summed E-state index contributed by atoms with van der Waals surface area (Å²) in [5.74, 6) is 0.735. The molecule has 4 unspecified atom stereocenters. The molecule has 13 nitrogen and oxygen atoms in total. The molecule has 0 spiro atoms. The van der Waals surface area contributed by atoms with E-state index < -0.39 is 11.7 Å². The molecule has 4 fully saturated rings. The third kappa shape index (κ3) is 15.7. The van der Waals surface area contributed by atoms with Crippen molar-refractivity contribution in [1.82, 2.24) is 57.8 Å². The third-order valence-corrected chi connectivity index (χ3v) is 25.8. The molecule has 0 radical (unpaired) electrons. The predicted octanol–water partition coefficient (Wildman–Crippen LogP) is 20.5. The van der Waals surface area contributed by atoms with Crippen LogP contribution in [0.5, 0.6) is 5.75 Å². The minimum atomic E-state index is -4.29. The van der Waals surface area contributed by atoms with E-state index in [0.717, 1.165) is 129 Å². The number of hydrogen-bond donors (Lipinski definition) is 0. The van der Waals surface area contributed by atoms with Crippen molar-refractivity contribution >= 4 is 67.3 Å². The van der Waals surface area contributed by atoms with Crippen LogP contribution in [0, 0.1) is 19.7 Å². The minimum absolute atomic E-state index is 0.184. The van der Waals surface area contributed by atoms with Crippen molar-refractivity contribution in [2.75, 3.05) is 59.5 Å². The normalized spacial score (nSPS) is 19.8. The van der Waals surface area contributed by atoms with E-state index in [4.69, 9.17) is 47.9 Å². The second-order valence-electron chi connectivity index (χ2n) is 32.2. The zero-order valence-electron chi connectivity index (χ0n) is 64.4. The topological polar surface area (TPSA) is 93.5 Å². The average Bonchev–Trinajstić information content (AvgIpc) is 1.61. The summed E-state index contributed by atoms with van der Waals surface area (Å²) in [5.41, 5.74) is 22.8. The maximum absolute atomic E-state index is 13.2. The van der Waals surface area contributed by atoms with Crippen molar-refractivity contribution in [3.63, 3.8) is 0 Å². The lowest BCUT2D eigenvalue weighted by Crippen LogP contribution is -2.39. The van der Waals surface area contributed by atoms with Gasteiger partial charge in [0.05, 0.1) is 22.7 Å². The van der Waals surface area contributed by atoms with E-state index in [-0.39, 0.29) is 5.82 Å². The van der Waals surface area contributed by atoms with Gasteiger partial charge in [-0.3, -0.25) is 19.6 Å². The number of nitrogens with zero attached hydrogens (tertiary/aromatic N) is 12. The van der Waals surface area contributed by atoms with E-state index in [9.17, 15) is 17.6 Å². The molecule has 0 aliphatic carbocycles. The lowest BCUT2D eigenvalue weighted by atomic mass is 9.89. The highest BCUT2D eigenvalue weighted by Crippen LogP contribution is 2.47. The third-order valence-electron chi connectivity index (χ3n) is 25.4. The van der Waals surface area contributed by atoms with Crippen molar-refractivity contribution < 1.29 is 22.3 Å². The molecule has 20 rings (SSSR count). The summed E-state index contributed by atoms with van der Waals surface area (Å²) >= 11 is 12.6. The molecule has 8 aliphatic rings. The van der Waals surface area contributed by atoms with E-state index >= 15 is 0 Å². The lowest BCUT2D eigenvalue weighted by Gasteiger charge is -2.40. The van der Waals surface area contributed by atoms with Gasteiger partial charge < -0.3 is 23.0 Å². The van der Waals surface area contributed by atoms with Gasteiger partial charge in [-0.05, 0) is 233 Å². The Morgan fingerprint density at radius 3 is 1.05 bits per heavy atom. The minimum Gasteiger partial charge on any atom is -0.497 e. The van der Waals surface area contributed by atoms with E-state index in [1.54, 1.807) is 37.2 Å². The van der Waals surface area contributed by atoms with Crippen molar-refractivity contribution in [3.05, 3.63) is 252 Å². The fourth-order valence-electron chi connectivity index (χ4n) is 20.1. The number of benzene rings is 4. The number of ether oxygens (including phenoxy) is 1. The Bertz CT molecular complexity index is 5280. The van der Waals surface area contributed by atoms with Crippen LogP contribution in [0.15, 0.2) is 152 Å². The van der Waals surface area contributed by atoms with Gasteiger partial charge in [0, 0.05) is 171 Å². The summed E-state index contributed by atoms with van der Waals surface area (Å²) in [4.78, 5) is 29.8. The molecule has 12 aromatic rings. The lowest BCUT2D eigenvalue weighted by molar-refractivity contribution is -0.137. The molecule has 0 saturated carbocycles. The van der Waals surface area contributed by atoms with Crippen LogP contribution in [0.25, 0.3) is 44.1 Å². The number of aryl methyl sites for hydroxylation is 10. The highest BCUT2D eigenvalue weighted by Gasteiger charge is 2.39. The van der Waals surface area contributed by atoms with Crippen LogP contribution in [0.3, 0.4) is 0 Å². The summed E-state index contributed by atoms with van der Waals surface area (Å²) in [6, 6.07) is 42.6. The molecule has 0 bridgehead atoms. The standard InChI is InChI=1S/C24H26F3N3.C24H29N3O.C22H23ClFN3.C22H24ClN3/c1-16-14-19-22-20-4-2-3-11-29(20)12-10-21(22)30(23(19)28-15-16)13-9-17-5-7-18(8-6-17)24(25,26)27;1-17-15-20-23-21-5-3-4-12-26(21)13-11-22(23)27(24(20)25-16-17)14-10-18-6-8-19(28-2)9-7-18;23-16-13-18-21-19-3-1-2-10-26(19)11-9-20(21)27(22(18)25-14-16)12-8-15-4-6-17(24)7-5-15;23-17-14-18-21-19-8-4-5-11-25(19)12-10-20(21)26(22(18)24-15-17)13-9-16-6-2-1-3-7-16/h5-8,14-15,20H,2-4,9-13H2,1H3;6-9,15-16,21H,3-5,10-14H2,1-2H3;4-7,13-14,19H,1-3,8-12H2;1-3,6-7,14-15,19H,4-5,8-13H2. The Labute approximate surface area is 659 Å². The number of pyridine rings is 4. The fraction of sp³-hybridized carbons (Fsp3) is 0.435. The highest BCUT2D eigenvalue weighted by atomic mass is 35.5. The molecule has 19 heteroatoms. The Balaban J connectivity index is 0.000000108. The Kier molecular flexibility index (Phi) is 22.4. The van der Waals surface area contributed by atoms with E-state index in [0.29, 0.717) is 35.6 Å². The van der Waals surface area contributed by atoms with Crippen LogP contribution < -0.4 is 4.74 Å². The Morgan fingerprint density at radius 1 is 0.387 bits per heavy atom. The van der Waals surface area contributed by atoms with Crippen LogP contribution in [0.1, 0.15) is 185 Å². The maximum atomic E-state index is 13.2. The van der Waals surface area contributed by atoms with E-state index in [2.05, 4.69) is 131 Å². The first kappa shape index (κ1) is 75.3. The monoisotopic (exact) mass is 1540 g/mol. The first-order valence-corrected chi connectivity index (χ1v) is 41.8. The van der Waals surface area contributed by atoms with Crippen LogP contribution >= 0.6 is 23.2 Å². The van der Waals surface area contributed by atoms with Gasteiger partial charge in [-0.25, -0.2) is 24.3 Å². The molecule has 4 atom stereocenters. The van der Waals surface area contributed by atoms with Gasteiger partial charge in [-0.2, -0.15) is 13.2 Å². The van der Waals surface area contributed by atoms with Gasteiger partial charge in [0.15, 0.2) is 0 Å². The summed E-state index contributed by atoms with van der Waals surface area (Å²) < 4.78 is 66.7. The summed E-state index contributed by atoms with van der Waals surface area (Å²) in [6.07, 6.45) is 26.6. The molecule has 4 aromatic carbocycles. The van der Waals surface area contributed by atoms with Gasteiger partial charge in [0.25, 0.3) is 0 Å². The number of aromatic nitrogens is 8. The molecule has 111 heavy (non-hydrogen) atoms. The molecule has 0 N–H and O–H groups in total. The first-order valence-electron chi connectivity index (χ1n) is 41.0. The second kappa shape index (κ2) is 33.0. The quantitative estimate of drug-likeness (QED) is 0.105. The van der Waals surface area contributed by atoms with Crippen molar-refractivity contribution in [2.24, 2.45) is 0 Å². The van der Waals surface area contributed by atoms with E-state index in [1.807, 2.05) is 24.5 Å². The molecule has 8 aromatic heterocycles. The molecular weight excluding hydrogens is 1440 g/mol. The Morgan fingerprint density at radius 2 is 0.703 bits per heavy atom. The van der Waals surface area contributed by atoms with Gasteiger partial charge >= 0.3 is 6.18 Å². The van der Waals surface area contributed by atoms with Crippen molar-refractivity contribution in [1.29, 1.82) is 0 Å². The molecular formula is C92H102Cl2F4N12O. The van der Waals surface area contributed by atoms with Gasteiger partial charge in [-0.1, -0.05) is 116 Å². The van der Waals surface area contributed by atoms with Crippen molar-refractivity contribution in [3.8, 4) is 5.75 Å². The summed E-state index contributed by atoms with van der Waals surface area (Å²) in [7, 11) is 1.72. The molecule has 578 valence electrons. The number of piperidine rings is 4. The largest absolute Gasteiger partial charge is 0.497 e. The molecule has 0 amide bonds. The number of methoxy groups -OCH3 is 1. The smallest absolute Gasteiger partial charge is 0.416 e. The molecule has 8 aliphatic heterocycles. The second-order valence-corrected chi connectivity index (χ2v) is 33.1. The number of alkyl halides is 3. The molecule has 16 heterocycles. The fourth-order valence-corrected chi connectivity index (χ4v) is 20.5. The number of halogens is 6. The first-order chi connectivity index (χ1) is 54.2. The maximum Gasteiger partial charge on any atom is 0.416 e. The van der Waals surface area contributed by atoms with Crippen LogP contribution in [-0.4, -0.2) is 117 Å². The van der Waals surface area contributed by atoms with Crippen LogP contribution in [-0.2, 0) is 83.7 Å². The van der Waals surface area contributed by atoms with Gasteiger partial charge in [-0.15, -0.1) is 0 Å². The van der Waals surface area contributed by atoms with Crippen molar-refractivity contribution in [2.45, 2.75) is 199 Å². The highest BCUT2D eigenvalue weighted by molar-refractivity contribution is 6.31. The zero-order valence-corrected chi connectivity index (χ0v) is 65.9. The van der Waals surface area contributed by atoms with Crippen LogP contribution in [0.4, 0.5) is 17.6 Å². The predicted molar refractivity (Wildman–Crippen MR) is 438 cm³/mol. The Hall–Kier alpha value is -8.42. The number of rotatable bonds is 13.